The van der Waals surface area contributed by atoms with Gasteiger partial charge in [0.05, 0.1) is 5.71 Å². The molecule has 4 nitrogen and oxygen atoms in total. The number of hydrogen-bond acceptors (Lipinski definition) is 4. The molecule has 1 aromatic carbocycles. The molecule has 0 unspecified atom stereocenters. The Balaban J connectivity index is 2.21. The van der Waals surface area contributed by atoms with Gasteiger partial charge in [0.2, 0.25) is 0 Å². The Hall–Kier alpha value is -2.36. The molecule has 104 valence electrons. The van der Waals surface area contributed by atoms with Crippen molar-refractivity contribution in [3.05, 3.63) is 58.9 Å². The molecular weight excluding hydrogens is 252 g/mol. The molecule has 0 radical (unpaired) electrons. The van der Waals surface area contributed by atoms with Gasteiger partial charge in [-0.2, -0.15) is 0 Å². The molecule has 0 aliphatic heterocycles. The monoisotopic (exact) mass is 270 g/mol. The predicted octanol–water partition coefficient (Wildman–Crippen LogP) is 3.48. The quantitative estimate of drug-likeness (QED) is 0.525. The summed E-state index contributed by atoms with van der Waals surface area (Å²) in [6, 6.07) is 7.84. The summed E-state index contributed by atoms with van der Waals surface area (Å²) in [5.41, 5.74) is 4.53. The van der Waals surface area contributed by atoms with E-state index in [0.29, 0.717) is 18.1 Å². The highest BCUT2D eigenvalue weighted by Crippen LogP contribution is 2.22. The van der Waals surface area contributed by atoms with Crippen LogP contribution in [0.1, 0.15) is 29.2 Å². The van der Waals surface area contributed by atoms with Gasteiger partial charge in [-0.25, -0.2) is 0 Å². The van der Waals surface area contributed by atoms with Crippen molar-refractivity contribution in [2.24, 2.45) is 5.16 Å². The topological polar surface area (TPSA) is 54.7 Å². The van der Waals surface area contributed by atoms with Crippen LogP contribution in [0.2, 0.25) is 0 Å². The third kappa shape index (κ3) is 3.35. The Morgan fingerprint density at radius 1 is 1.20 bits per heavy atom. The smallest absolute Gasteiger partial charge is 0.128 e. The number of oxime groups is 1. The van der Waals surface area contributed by atoms with Crippen molar-refractivity contribution in [3.63, 3.8) is 0 Å². The lowest BCUT2D eigenvalue weighted by Crippen LogP contribution is -2.03. The molecule has 0 atom stereocenters. The molecule has 0 aliphatic carbocycles. The van der Waals surface area contributed by atoms with E-state index < -0.39 is 0 Å². The van der Waals surface area contributed by atoms with Crippen molar-refractivity contribution >= 4 is 5.71 Å². The zero-order valence-electron chi connectivity index (χ0n) is 11.9. The van der Waals surface area contributed by atoms with Gasteiger partial charge in [-0.1, -0.05) is 16.8 Å². The second kappa shape index (κ2) is 6.19. The minimum absolute atomic E-state index is 0.434. The minimum atomic E-state index is 0.434. The fraction of sp³-hybridized carbons (Fsp3) is 0.250. The van der Waals surface area contributed by atoms with Gasteiger partial charge in [-0.3, -0.25) is 4.98 Å². The SMILES string of the molecule is C/C(=N/O)c1cc(C)ccc1OCc1cncc(C)c1. The van der Waals surface area contributed by atoms with Crippen molar-refractivity contribution < 1.29 is 9.94 Å². The average Bonchev–Trinajstić information content (AvgIpc) is 2.45. The lowest BCUT2D eigenvalue weighted by Gasteiger charge is -2.12. The summed E-state index contributed by atoms with van der Waals surface area (Å²) in [7, 11) is 0. The molecule has 0 aliphatic rings. The molecule has 2 aromatic rings. The summed E-state index contributed by atoms with van der Waals surface area (Å²) in [5, 5.41) is 12.2. The number of aromatic nitrogens is 1. The first kappa shape index (κ1) is 14.1. The molecule has 0 bridgehead atoms. The Morgan fingerprint density at radius 2 is 2.00 bits per heavy atom. The van der Waals surface area contributed by atoms with E-state index in [-0.39, 0.29) is 0 Å². The zero-order valence-corrected chi connectivity index (χ0v) is 11.9. The Morgan fingerprint density at radius 3 is 2.70 bits per heavy atom. The number of ether oxygens (including phenoxy) is 1. The molecule has 20 heavy (non-hydrogen) atoms. The number of rotatable bonds is 4. The van der Waals surface area contributed by atoms with Gasteiger partial charge in [0.25, 0.3) is 0 Å². The van der Waals surface area contributed by atoms with Crippen LogP contribution in [-0.2, 0) is 6.61 Å². The Kier molecular flexibility index (Phi) is 4.35. The van der Waals surface area contributed by atoms with E-state index in [4.69, 9.17) is 9.94 Å². The molecule has 0 fully saturated rings. The third-order valence-corrected chi connectivity index (χ3v) is 3.00. The van der Waals surface area contributed by atoms with E-state index >= 15 is 0 Å². The second-order valence-corrected chi connectivity index (χ2v) is 4.84. The molecule has 0 saturated heterocycles. The summed E-state index contributed by atoms with van der Waals surface area (Å²) < 4.78 is 5.82. The van der Waals surface area contributed by atoms with Crippen molar-refractivity contribution in [2.45, 2.75) is 27.4 Å². The standard InChI is InChI=1S/C16H18N2O2/c1-11-4-5-16(15(7-11)13(3)18-19)20-10-14-6-12(2)8-17-9-14/h4-9,19H,10H2,1-3H3/b18-13-. The molecule has 2 rings (SSSR count). The van der Waals surface area contributed by atoms with E-state index in [2.05, 4.69) is 10.1 Å². The number of pyridine rings is 1. The lowest BCUT2D eigenvalue weighted by molar-refractivity contribution is 0.303. The highest BCUT2D eigenvalue weighted by Gasteiger charge is 2.08. The lowest BCUT2D eigenvalue weighted by atomic mass is 10.1. The van der Waals surface area contributed by atoms with Crippen molar-refractivity contribution in [1.29, 1.82) is 0 Å². The summed E-state index contributed by atoms with van der Waals surface area (Å²) in [6.45, 7) is 6.16. The van der Waals surface area contributed by atoms with Crippen LogP contribution >= 0.6 is 0 Å². The average molecular weight is 270 g/mol. The molecule has 1 heterocycles. The normalized spacial score (nSPS) is 11.4. The first-order valence-corrected chi connectivity index (χ1v) is 6.43. The van der Waals surface area contributed by atoms with Crippen molar-refractivity contribution in [1.82, 2.24) is 4.98 Å². The van der Waals surface area contributed by atoms with Gasteiger partial charge in [-0.05, 0) is 44.5 Å². The maximum Gasteiger partial charge on any atom is 0.128 e. The van der Waals surface area contributed by atoms with E-state index in [0.717, 1.165) is 22.3 Å². The van der Waals surface area contributed by atoms with Crippen LogP contribution in [0.15, 0.2) is 41.8 Å². The Labute approximate surface area is 118 Å². The number of hydrogen-bond donors (Lipinski definition) is 1. The summed E-state index contributed by atoms with van der Waals surface area (Å²) in [6.07, 6.45) is 3.59. The molecule has 0 spiro atoms. The molecule has 1 N–H and O–H groups in total. The second-order valence-electron chi connectivity index (χ2n) is 4.84. The molecular formula is C16H18N2O2. The van der Waals surface area contributed by atoms with E-state index in [1.165, 1.54) is 0 Å². The van der Waals surface area contributed by atoms with Gasteiger partial charge in [0.1, 0.15) is 12.4 Å². The van der Waals surface area contributed by atoms with Crippen LogP contribution in [0.3, 0.4) is 0 Å². The number of nitrogens with zero attached hydrogens (tertiary/aromatic N) is 2. The molecule has 0 saturated carbocycles. The highest BCUT2D eigenvalue weighted by molar-refractivity contribution is 6.00. The molecule has 0 amide bonds. The first-order chi connectivity index (χ1) is 9.60. The van der Waals surface area contributed by atoms with Crippen LogP contribution < -0.4 is 4.74 Å². The number of aryl methyl sites for hydroxylation is 2. The van der Waals surface area contributed by atoms with Crippen LogP contribution in [-0.4, -0.2) is 15.9 Å². The van der Waals surface area contributed by atoms with E-state index in [9.17, 15) is 0 Å². The van der Waals surface area contributed by atoms with E-state index in [1.807, 2.05) is 44.3 Å². The maximum absolute atomic E-state index is 8.95. The van der Waals surface area contributed by atoms with Gasteiger partial charge in [-0.15, -0.1) is 0 Å². The number of benzene rings is 1. The first-order valence-electron chi connectivity index (χ1n) is 6.43. The zero-order chi connectivity index (χ0) is 14.5. The third-order valence-electron chi connectivity index (χ3n) is 3.00. The molecule has 1 aromatic heterocycles. The minimum Gasteiger partial charge on any atom is -0.488 e. The van der Waals surface area contributed by atoms with Crippen LogP contribution in [0, 0.1) is 13.8 Å². The van der Waals surface area contributed by atoms with Crippen LogP contribution in [0.25, 0.3) is 0 Å². The van der Waals surface area contributed by atoms with Gasteiger partial charge < -0.3 is 9.94 Å². The van der Waals surface area contributed by atoms with Crippen molar-refractivity contribution in [2.75, 3.05) is 0 Å². The summed E-state index contributed by atoms with van der Waals surface area (Å²) in [4.78, 5) is 4.14. The van der Waals surface area contributed by atoms with Gasteiger partial charge in [0, 0.05) is 23.5 Å². The fourth-order valence-electron chi connectivity index (χ4n) is 1.96. The Bertz CT molecular complexity index is 636. The van der Waals surface area contributed by atoms with Crippen molar-refractivity contribution in [3.8, 4) is 5.75 Å². The van der Waals surface area contributed by atoms with Gasteiger partial charge >= 0.3 is 0 Å². The van der Waals surface area contributed by atoms with Crippen LogP contribution in [0.4, 0.5) is 0 Å². The highest BCUT2D eigenvalue weighted by atomic mass is 16.5. The predicted molar refractivity (Wildman–Crippen MR) is 78.5 cm³/mol. The largest absolute Gasteiger partial charge is 0.488 e. The van der Waals surface area contributed by atoms with Gasteiger partial charge in [0.15, 0.2) is 0 Å². The fourth-order valence-corrected chi connectivity index (χ4v) is 1.96. The van der Waals surface area contributed by atoms with E-state index in [1.54, 1.807) is 13.1 Å². The van der Waals surface area contributed by atoms with Crippen LogP contribution in [0.5, 0.6) is 5.75 Å². The summed E-state index contributed by atoms with van der Waals surface area (Å²) in [5.74, 6) is 0.701. The molecule has 4 heteroatoms. The maximum atomic E-state index is 8.95. The summed E-state index contributed by atoms with van der Waals surface area (Å²) >= 11 is 0.